The zero-order chi connectivity index (χ0) is 17.0. The third kappa shape index (κ3) is 5.12. The molecule has 0 radical (unpaired) electrons. The number of amides is 1. The number of thioether (sulfide) groups is 1. The van der Waals surface area contributed by atoms with Crippen LogP contribution in [-0.4, -0.2) is 33.8 Å². The predicted molar refractivity (Wildman–Crippen MR) is 76.9 cm³/mol. The van der Waals surface area contributed by atoms with Crippen molar-refractivity contribution in [3.63, 3.8) is 0 Å². The van der Waals surface area contributed by atoms with Gasteiger partial charge in [0.25, 0.3) is 0 Å². The van der Waals surface area contributed by atoms with Crippen molar-refractivity contribution in [3.05, 3.63) is 23.9 Å². The zero-order valence-corrected chi connectivity index (χ0v) is 12.8. The zero-order valence-electron chi connectivity index (χ0n) is 12.0. The van der Waals surface area contributed by atoms with Gasteiger partial charge in [-0.3, -0.25) is 9.59 Å². The number of aromatic nitrogens is 1. The van der Waals surface area contributed by atoms with E-state index in [1.807, 2.05) is 0 Å². The van der Waals surface area contributed by atoms with Crippen LogP contribution in [0.25, 0.3) is 0 Å². The van der Waals surface area contributed by atoms with Crippen LogP contribution in [0.2, 0.25) is 0 Å². The summed E-state index contributed by atoms with van der Waals surface area (Å²) in [4.78, 5) is 26.3. The number of carbonyl (C=O) groups is 2. The fourth-order valence-electron chi connectivity index (χ4n) is 2.38. The van der Waals surface area contributed by atoms with E-state index in [0.29, 0.717) is 24.3 Å². The van der Waals surface area contributed by atoms with Crippen molar-refractivity contribution in [2.75, 3.05) is 5.75 Å². The van der Waals surface area contributed by atoms with Gasteiger partial charge in [0.2, 0.25) is 5.91 Å². The van der Waals surface area contributed by atoms with Gasteiger partial charge in [0, 0.05) is 12.2 Å². The third-order valence-corrected chi connectivity index (χ3v) is 4.51. The van der Waals surface area contributed by atoms with Gasteiger partial charge in [-0.25, -0.2) is 4.98 Å². The number of hydrogen-bond acceptors (Lipinski definition) is 4. The van der Waals surface area contributed by atoms with Crippen LogP contribution in [0.4, 0.5) is 13.2 Å². The van der Waals surface area contributed by atoms with E-state index in [9.17, 15) is 22.8 Å². The number of pyridine rings is 1. The predicted octanol–water partition coefficient (Wildman–Crippen LogP) is 2.56. The Balaban J connectivity index is 1.77. The summed E-state index contributed by atoms with van der Waals surface area (Å²) in [5.41, 5.74) is -0.836. The van der Waals surface area contributed by atoms with E-state index in [2.05, 4.69) is 10.3 Å². The van der Waals surface area contributed by atoms with E-state index in [0.717, 1.165) is 24.0 Å². The average Bonchev–Trinajstić information content (AvgIpc) is 2.93. The highest BCUT2D eigenvalue weighted by Gasteiger charge is 2.31. The molecule has 2 rings (SSSR count). The maximum Gasteiger partial charge on any atom is 0.417 e. The lowest BCUT2D eigenvalue weighted by atomic mass is 10.1. The van der Waals surface area contributed by atoms with E-state index >= 15 is 0 Å². The first-order valence-electron chi connectivity index (χ1n) is 6.94. The maximum atomic E-state index is 12.4. The molecule has 0 spiro atoms. The van der Waals surface area contributed by atoms with Crippen molar-refractivity contribution in [1.29, 1.82) is 0 Å². The first-order chi connectivity index (χ1) is 10.8. The number of carboxylic acid groups (broad SMARTS) is 1. The second-order valence-electron chi connectivity index (χ2n) is 5.28. The van der Waals surface area contributed by atoms with E-state index in [1.165, 1.54) is 6.07 Å². The Morgan fingerprint density at radius 1 is 1.35 bits per heavy atom. The molecule has 1 aromatic heterocycles. The molecule has 9 heteroatoms. The lowest BCUT2D eigenvalue weighted by Gasteiger charge is -2.12. The fraction of sp³-hybridized carbons (Fsp3) is 0.500. The van der Waals surface area contributed by atoms with Crippen LogP contribution in [0.1, 0.15) is 24.8 Å². The van der Waals surface area contributed by atoms with E-state index in [-0.39, 0.29) is 17.7 Å². The standard InChI is InChI=1S/C14H15F3N2O3S/c15-14(16,17)9-2-4-12(18-6-9)23-7-11(20)19-10-3-1-8(5-10)13(21)22/h2,4,6,8,10H,1,3,5,7H2,(H,19,20)(H,21,22)/t8-,10+/m1/s1. The second kappa shape index (κ2) is 7.20. The molecule has 0 bridgehead atoms. The Hall–Kier alpha value is -1.77. The largest absolute Gasteiger partial charge is 0.481 e. The maximum absolute atomic E-state index is 12.4. The number of carboxylic acids is 1. The van der Waals surface area contributed by atoms with Crippen LogP contribution in [0.5, 0.6) is 0 Å². The molecule has 2 atom stereocenters. The minimum absolute atomic E-state index is 0.0204. The highest BCUT2D eigenvalue weighted by Crippen LogP contribution is 2.29. The van der Waals surface area contributed by atoms with Crippen LogP contribution < -0.4 is 5.32 Å². The quantitative estimate of drug-likeness (QED) is 0.800. The summed E-state index contributed by atoms with van der Waals surface area (Å²) in [6.45, 7) is 0. The summed E-state index contributed by atoms with van der Waals surface area (Å²) in [7, 11) is 0. The van der Waals surface area contributed by atoms with Crippen molar-refractivity contribution in [1.82, 2.24) is 10.3 Å². The van der Waals surface area contributed by atoms with Crippen LogP contribution >= 0.6 is 11.8 Å². The number of rotatable bonds is 5. The smallest absolute Gasteiger partial charge is 0.417 e. The number of nitrogens with one attached hydrogen (secondary N) is 1. The molecule has 1 saturated carbocycles. The van der Waals surface area contributed by atoms with Gasteiger partial charge in [-0.2, -0.15) is 13.2 Å². The van der Waals surface area contributed by atoms with Gasteiger partial charge in [0.15, 0.2) is 0 Å². The van der Waals surface area contributed by atoms with Crippen LogP contribution in [-0.2, 0) is 15.8 Å². The van der Waals surface area contributed by atoms with Crippen LogP contribution in [0, 0.1) is 5.92 Å². The van der Waals surface area contributed by atoms with Gasteiger partial charge in [-0.05, 0) is 31.4 Å². The van der Waals surface area contributed by atoms with Gasteiger partial charge in [0.1, 0.15) is 0 Å². The van der Waals surface area contributed by atoms with E-state index in [4.69, 9.17) is 5.11 Å². The molecule has 5 nitrogen and oxygen atoms in total. The molecule has 126 valence electrons. The Morgan fingerprint density at radius 2 is 2.09 bits per heavy atom. The third-order valence-electron chi connectivity index (χ3n) is 3.56. The van der Waals surface area contributed by atoms with Gasteiger partial charge in [0.05, 0.1) is 22.3 Å². The van der Waals surface area contributed by atoms with E-state index < -0.39 is 23.6 Å². The molecule has 1 aliphatic carbocycles. The first kappa shape index (κ1) is 17.6. The molecule has 0 aliphatic heterocycles. The molecule has 0 saturated heterocycles. The monoisotopic (exact) mass is 348 g/mol. The second-order valence-corrected chi connectivity index (χ2v) is 6.28. The SMILES string of the molecule is O=C(CSc1ccc(C(F)(F)F)cn1)N[C@H]1CC[C@@H](C(=O)O)C1. The molecule has 0 unspecified atom stereocenters. The summed E-state index contributed by atoms with van der Waals surface area (Å²) in [5.74, 6) is -1.55. The number of nitrogens with zero attached hydrogens (tertiary/aromatic N) is 1. The highest BCUT2D eigenvalue weighted by molar-refractivity contribution is 7.99. The van der Waals surface area contributed by atoms with Crippen molar-refractivity contribution in [2.45, 2.75) is 36.5 Å². The van der Waals surface area contributed by atoms with Crippen molar-refractivity contribution < 1.29 is 27.9 Å². The minimum Gasteiger partial charge on any atom is -0.481 e. The fourth-order valence-corrected chi connectivity index (χ4v) is 3.03. The molecular formula is C14H15F3N2O3S. The van der Waals surface area contributed by atoms with Crippen LogP contribution in [0.3, 0.4) is 0 Å². The number of alkyl halides is 3. The Kier molecular flexibility index (Phi) is 5.51. The molecule has 1 aromatic rings. The van der Waals surface area contributed by atoms with Crippen molar-refractivity contribution in [3.8, 4) is 0 Å². The first-order valence-corrected chi connectivity index (χ1v) is 7.92. The van der Waals surface area contributed by atoms with Gasteiger partial charge >= 0.3 is 12.1 Å². The summed E-state index contributed by atoms with van der Waals surface area (Å²) in [6, 6.07) is 1.98. The molecule has 2 N–H and O–H groups in total. The Morgan fingerprint density at radius 3 is 2.61 bits per heavy atom. The highest BCUT2D eigenvalue weighted by atomic mass is 32.2. The number of halogens is 3. The molecular weight excluding hydrogens is 333 g/mol. The van der Waals surface area contributed by atoms with Gasteiger partial charge in [-0.15, -0.1) is 0 Å². The Bertz CT molecular complexity index is 578. The molecule has 0 aromatic carbocycles. The molecule has 23 heavy (non-hydrogen) atoms. The number of hydrogen-bond donors (Lipinski definition) is 2. The summed E-state index contributed by atoms with van der Waals surface area (Å²) in [5, 5.41) is 12.0. The summed E-state index contributed by atoms with van der Waals surface area (Å²) in [6.07, 6.45) is -2.14. The normalized spacial score (nSPS) is 21.2. The number of carbonyl (C=O) groups excluding carboxylic acids is 1. The summed E-state index contributed by atoms with van der Waals surface area (Å²) < 4.78 is 37.2. The van der Waals surface area contributed by atoms with Crippen molar-refractivity contribution in [2.24, 2.45) is 5.92 Å². The van der Waals surface area contributed by atoms with Gasteiger partial charge < -0.3 is 10.4 Å². The minimum atomic E-state index is -4.43. The average molecular weight is 348 g/mol. The molecule has 1 fully saturated rings. The van der Waals surface area contributed by atoms with Crippen molar-refractivity contribution >= 4 is 23.6 Å². The number of aliphatic carboxylic acids is 1. The topological polar surface area (TPSA) is 79.3 Å². The van der Waals surface area contributed by atoms with Crippen LogP contribution in [0.15, 0.2) is 23.4 Å². The molecule has 1 heterocycles. The summed E-state index contributed by atoms with van der Waals surface area (Å²) >= 11 is 1.03. The Labute approximate surface area is 134 Å². The molecule has 1 aliphatic rings. The lowest BCUT2D eigenvalue weighted by molar-refractivity contribution is -0.141. The van der Waals surface area contributed by atoms with Gasteiger partial charge in [-0.1, -0.05) is 11.8 Å². The molecule has 1 amide bonds. The van der Waals surface area contributed by atoms with E-state index in [1.54, 1.807) is 0 Å². The lowest BCUT2D eigenvalue weighted by Crippen LogP contribution is -2.34.